The number of anilines is 2. The summed E-state index contributed by atoms with van der Waals surface area (Å²) >= 11 is 0. The highest BCUT2D eigenvalue weighted by Crippen LogP contribution is 2.48. The van der Waals surface area contributed by atoms with Gasteiger partial charge in [-0.15, -0.1) is 0 Å². The number of imide groups is 1. The molecule has 6 aliphatic heterocycles. The molecule has 3 atom stereocenters. The highest BCUT2D eigenvalue weighted by Gasteiger charge is 2.47. The number of benzene rings is 3. The average Bonchev–Trinajstić information content (AvgIpc) is 4.22. The number of nitrogens with one attached hydrogen (secondary N) is 1. The standard InChI is InChI=1S/C60H73FN10O8/c1-6-38-8-7-9-39-27-44(78-36-76-5)28-46(50(38)39)52-51(61)53-47(29-62-52)54(69-32-42-10-11-43(33-69)71(42)58(75)79-59(2,3)4)65-57(64-53)77-35-60(18-19-60)34-67-20-16-37(17-21-67)30-66-22-24-68(25-23-66)41-12-13-45-40(26-41)31-70(56(45)74)48-14-15-49(72)63-55(48)73/h7-9,12-13,26-29,37,42-43,48H,6,10-11,14-25,30-36H2,1-5H3,(H,63,72,73)/t42?,43?,48-/m0/s1. The lowest BCUT2D eigenvalue weighted by Crippen LogP contribution is -2.57. The summed E-state index contributed by atoms with van der Waals surface area (Å²) < 4.78 is 41.4. The fourth-order valence-electron chi connectivity index (χ4n) is 13.2. The number of carbonyl (C=O) groups is 4. The first-order chi connectivity index (χ1) is 38.1. The smallest absolute Gasteiger partial charge is 0.410 e. The van der Waals surface area contributed by atoms with Crippen LogP contribution in [0.5, 0.6) is 11.8 Å². The molecule has 2 unspecified atom stereocenters. The molecule has 3 aromatic carbocycles. The van der Waals surface area contributed by atoms with Gasteiger partial charge in [-0.1, -0.05) is 25.1 Å². The Hall–Kier alpha value is -6.70. The lowest BCUT2D eigenvalue weighted by molar-refractivity contribution is -0.136. The summed E-state index contributed by atoms with van der Waals surface area (Å²) in [5.41, 5.74) is 3.95. The lowest BCUT2D eigenvalue weighted by atomic mass is 9.94. The zero-order valence-corrected chi connectivity index (χ0v) is 46.2. The Morgan fingerprint density at radius 2 is 1.63 bits per heavy atom. The zero-order chi connectivity index (χ0) is 54.7. The molecule has 2 bridgehead atoms. The van der Waals surface area contributed by atoms with Gasteiger partial charge in [0.2, 0.25) is 11.8 Å². The summed E-state index contributed by atoms with van der Waals surface area (Å²) in [5.74, 6) is 0.311. The Labute approximate surface area is 460 Å². The van der Waals surface area contributed by atoms with Crippen LogP contribution in [0.25, 0.3) is 32.9 Å². The molecule has 19 heteroatoms. The summed E-state index contributed by atoms with van der Waals surface area (Å²) in [6, 6.07) is 15.2. The van der Waals surface area contributed by atoms with Gasteiger partial charge < -0.3 is 38.5 Å². The van der Waals surface area contributed by atoms with Crippen LogP contribution in [0.3, 0.4) is 0 Å². The summed E-state index contributed by atoms with van der Waals surface area (Å²) in [5, 5.41) is 4.68. The molecule has 7 aliphatic rings. The van der Waals surface area contributed by atoms with Gasteiger partial charge >= 0.3 is 12.1 Å². The van der Waals surface area contributed by atoms with Gasteiger partial charge in [0.15, 0.2) is 12.6 Å². The zero-order valence-electron chi connectivity index (χ0n) is 46.2. The van der Waals surface area contributed by atoms with Crippen LogP contribution in [0.4, 0.5) is 20.7 Å². The average molecular weight is 1080 g/mol. The third-order valence-electron chi connectivity index (χ3n) is 17.5. The highest BCUT2D eigenvalue weighted by atomic mass is 19.1. The number of hydrogen-bond acceptors (Lipinski definition) is 15. The van der Waals surface area contributed by atoms with Crippen molar-refractivity contribution in [3.8, 4) is 23.0 Å². The monoisotopic (exact) mass is 1080 g/mol. The van der Waals surface area contributed by atoms with Crippen molar-refractivity contribution >= 4 is 57.0 Å². The summed E-state index contributed by atoms with van der Waals surface area (Å²) in [6.45, 7) is 17.4. The largest absolute Gasteiger partial charge is 0.468 e. The Balaban J connectivity index is 0.711. The Kier molecular flexibility index (Phi) is 14.4. The van der Waals surface area contributed by atoms with Crippen LogP contribution < -0.4 is 24.6 Å². The second kappa shape index (κ2) is 21.4. The normalized spacial score (nSPS) is 22.7. The van der Waals surface area contributed by atoms with Crippen LogP contribution >= 0.6 is 0 Å². The SMILES string of the molecule is CCc1cccc2cc(OCOC)cc(-c3ncc4c(N5CC6CCC(C5)N6C(=O)OC(C)(C)C)nc(OCC5(CN6CCC(CN7CCN(c8ccc9c(c8)CN([C@H]8CCC(=O)NC8=O)C9=O)CC7)CC6)CC5)nc4c3F)c12. The van der Waals surface area contributed by atoms with Gasteiger partial charge in [-0.05, 0) is 143 Å². The molecule has 79 heavy (non-hydrogen) atoms. The molecule has 12 rings (SSSR count). The van der Waals surface area contributed by atoms with Crippen LogP contribution in [0, 0.1) is 17.2 Å². The summed E-state index contributed by atoms with van der Waals surface area (Å²) in [4.78, 5) is 79.2. The number of hydrogen-bond donors (Lipinski definition) is 1. The maximum atomic E-state index is 17.7. The first-order valence-corrected chi connectivity index (χ1v) is 28.5. The molecule has 0 spiro atoms. The number of ether oxygens (including phenoxy) is 4. The predicted molar refractivity (Wildman–Crippen MR) is 297 cm³/mol. The van der Waals surface area contributed by atoms with E-state index in [0.717, 1.165) is 125 Å². The number of aromatic nitrogens is 3. The summed E-state index contributed by atoms with van der Waals surface area (Å²) in [7, 11) is 1.57. The van der Waals surface area contributed by atoms with Gasteiger partial charge in [-0.25, -0.2) is 9.18 Å². The van der Waals surface area contributed by atoms with E-state index in [0.29, 0.717) is 66.7 Å². The van der Waals surface area contributed by atoms with Crippen LogP contribution in [-0.2, 0) is 32.0 Å². The van der Waals surface area contributed by atoms with E-state index in [1.807, 2.05) is 62.1 Å². The maximum absolute atomic E-state index is 17.7. The fraction of sp³-hybridized carbons (Fsp3) is 0.550. The number of methoxy groups -OCH3 is 1. The molecular weight excluding hydrogens is 1010 g/mol. The number of carbonyl (C=O) groups excluding carboxylic acids is 4. The Morgan fingerprint density at radius 3 is 2.34 bits per heavy atom. The van der Waals surface area contributed by atoms with E-state index in [4.69, 9.17) is 33.9 Å². The van der Waals surface area contributed by atoms with Crippen molar-refractivity contribution < 1.29 is 42.5 Å². The molecule has 18 nitrogen and oxygen atoms in total. The Morgan fingerprint density at radius 1 is 0.861 bits per heavy atom. The first-order valence-electron chi connectivity index (χ1n) is 28.5. The number of halogens is 1. The lowest BCUT2D eigenvalue weighted by Gasteiger charge is -2.42. The quantitative estimate of drug-likeness (QED) is 0.0802. The third-order valence-corrected chi connectivity index (χ3v) is 17.5. The van der Waals surface area contributed by atoms with Crippen LogP contribution in [0.15, 0.2) is 54.7 Å². The number of rotatable bonds is 15. The molecular formula is C60H73FN10O8. The van der Waals surface area contributed by atoms with E-state index in [2.05, 4.69) is 44.0 Å². The molecule has 4 amide bonds. The van der Waals surface area contributed by atoms with Crippen molar-refractivity contribution in [1.82, 2.24) is 39.9 Å². The number of likely N-dealkylation sites (tertiary alicyclic amines) is 1. The van der Waals surface area contributed by atoms with E-state index in [-0.39, 0.29) is 65.8 Å². The number of nitrogens with zero attached hydrogens (tertiary/aromatic N) is 9. The molecule has 1 N–H and O–H groups in total. The van der Waals surface area contributed by atoms with E-state index >= 15 is 4.39 Å². The third kappa shape index (κ3) is 10.8. The molecule has 5 saturated heterocycles. The molecule has 2 aromatic heterocycles. The van der Waals surface area contributed by atoms with E-state index in [1.165, 1.54) is 0 Å². The molecule has 8 heterocycles. The van der Waals surface area contributed by atoms with Crippen LogP contribution in [-0.4, -0.2) is 168 Å². The van der Waals surface area contributed by atoms with Gasteiger partial charge in [0.05, 0.1) is 24.1 Å². The molecule has 5 aromatic rings. The van der Waals surface area contributed by atoms with E-state index < -0.39 is 23.4 Å². The van der Waals surface area contributed by atoms with Gasteiger partial charge in [-0.2, -0.15) is 9.97 Å². The topological polar surface area (TPSA) is 175 Å². The van der Waals surface area contributed by atoms with Crippen LogP contribution in [0.2, 0.25) is 0 Å². The minimum Gasteiger partial charge on any atom is -0.468 e. The minimum atomic E-state index is -0.622. The molecule has 418 valence electrons. The molecule has 6 fully saturated rings. The van der Waals surface area contributed by atoms with Gasteiger partial charge in [0, 0.05) is 101 Å². The maximum Gasteiger partial charge on any atom is 0.410 e. The molecule has 0 radical (unpaired) electrons. The Bertz CT molecular complexity index is 3170. The van der Waals surface area contributed by atoms with Crippen molar-refractivity contribution in [2.45, 2.75) is 116 Å². The number of pyridine rings is 1. The number of fused-ring (bicyclic) bond motifs is 5. The van der Waals surface area contributed by atoms with E-state index in [9.17, 15) is 19.2 Å². The molecule has 1 saturated carbocycles. The minimum absolute atomic E-state index is 0.0371. The number of piperidine rings is 2. The summed E-state index contributed by atoms with van der Waals surface area (Å²) in [6.07, 6.45) is 8.69. The molecule has 1 aliphatic carbocycles. The number of amides is 4. The van der Waals surface area contributed by atoms with Crippen LogP contribution in [0.1, 0.15) is 101 Å². The van der Waals surface area contributed by atoms with Crippen molar-refractivity contribution in [1.29, 1.82) is 0 Å². The van der Waals surface area contributed by atoms with Crippen molar-refractivity contribution in [3.05, 3.63) is 77.2 Å². The van der Waals surface area contributed by atoms with Crippen molar-refractivity contribution in [3.63, 3.8) is 0 Å². The van der Waals surface area contributed by atoms with Crippen molar-refractivity contribution in [2.24, 2.45) is 11.3 Å². The predicted octanol–water partition coefficient (Wildman–Crippen LogP) is 7.57. The van der Waals surface area contributed by atoms with Gasteiger partial charge in [-0.3, -0.25) is 34.5 Å². The highest BCUT2D eigenvalue weighted by molar-refractivity contribution is 6.06. The first kappa shape index (κ1) is 53.0. The van der Waals surface area contributed by atoms with Gasteiger partial charge in [0.1, 0.15) is 34.4 Å². The van der Waals surface area contributed by atoms with E-state index in [1.54, 1.807) is 18.2 Å². The number of piperazine rings is 2. The fourth-order valence-corrected chi connectivity index (χ4v) is 13.2. The number of aryl methyl sites for hydroxylation is 1. The second-order valence-electron chi connectivity index (χ2n) is 24.1. The van der Waals surface area contributed by atoms with Crippen molar-refractivity contribution in [2.75, 3.05) is 95.8 Å². The second-order valence-corrected chi connectivity index (χ2v) is 24.1. The van der Waals surface area contributed by atoms with Gasteiger partial charge in [0.25, 0.3) is 5.91 Å².